The second-order valence-corrected chi connectivity index (χ2v) is 9.16. The van der Waals surface area contributed by atoms with Crippen LogP contribution in [0.25, 0.3) is 6.08 Å². The van der Waals surface area contributed by atoms with Crippen LogP contribution in [-0.4, -0.2) is 29.0 Å². The lowest BCUT2D eigenvalue weighted by molar-refractivity contribution is -0.129. The van der Waals surface area contributed by atoms with Gasteiger partial charge in [0.25, 0.3) is 5.91 Å². The number of para-hydroxylation sites is 1. The highest BCUT2D eigenvalue weighted by Gasteiger charge is 2.42. The van der Waals surface area contributed by atoms with Crippen molar-refractivity contribution in [1.82, 2.24) is 4.90 Å². The van der Waals surface area contributed by atoms with Gasteiger partial charge in [-0.2, -0.15) is 0 Å². The molecular formula is C25H30N2O2S. The van der Waals surface area contributed by atoms with Gasteiger partial charge < -0.3 is 15.0 Å². The van der Waals surface area contributed by atoms with Gasteiger partial charge in [0.2, 0.25) is 0 Å². The number of nitrogens with zero attached hydrogens (tertiary/aromatic N) is 1. The van der Waals surface area contributed by atoms with Crippen LogP contribution in [-0.2, 0) is 4.79 Å². The van der Waals surface area contributed by atoms with E-state index in [1.165, 1.54) is 19.3 Å². The zero-order valence-electron chi connectivity index (χ0n) is 17.7. The molecule has 0 radical (unpaired) electrons. The molecule has 1 heterocycles. The minimum atomic E-state index is -0.0909. The second-order valence-electron chi connectivity index (χ2n) is 8.04. The van der Waals surface area contributed by atoms with Crippen molar-refractivity contribution < 1.29 is 9.53 Å². The van der Waals surface area contributed by atoms with E-state index in [0.29, 0.717) is 12.5 Å². The zero-order valence-corrected chi connectivity index (χ0v) is 18.5. The summed E-state index contributed by atoms with van der Waals surface area (Å²) >= 11 is 1.62. The summed E-state index contributed by atoms with van der Waals surface area (Å²) in [6.45, 7) is 4.89. The standard InChI is InChI=1S/C25H30N2O2S/c1-3-29-21-14-9-11-19(16-21)17-23-24(28)27(22-15-8-7-10-18(22)2)25(30-23)26-20-12-5-4-6-13-20/h4-6,9,11-14,16-18,22,25-26H,3,7-8,10,15H2,1-2H3/b23-17-/t18-,22-,25?/m1/s1. The summed E-state index contributed by atoms with van der Waals surface area (Å²) in [5.41, 5.74) is 1.94. The van der Waals surface area contributed by atoms with Crippen molar-refractivity contribution in [2.24, 2.45) is 5.92 Å². The molecule has 158 valence electrons. The van der Waals surface area contributed by atoms with Crippen LogP contribution >= 0.6 is 11.8 Å². The summed E-state index contributed by atoms with van der Waals surface area (Å²) in [7, 11) is 0. The highest BCUT2D eigenvalue weighted by Crippen LogP contribution is 2.42. The maximum atomic E-state index is 13.5. The van der Waals surface area contributed by atoms with Gasteiger partial charge in [-0.15, -0.1) is 0 Å². The molecule has 1 unspecified atom stereocenters. The highest BCUT2D eigenvalue weighted by atomic mass is 32.2. The molecule has 2 aromatic rings. The van der Waals surface area contributed by atoms with E-state index in [1.54, 1.807) is 11.8 Å². The topological polar surface area (TPSA) is 41.6 Å². The first-order valence-corrected chi connectivity index (χ1v) is 11.8. The Hall–Kier alpha value is -2.40. The second kappa shape index (κ2) is 9.61. The Morgan fingerprint density at radius 3 is 2.70 bits per heavy atom. The van der Waals surface area contributed by atoms with E-state index in [1.807, 2.05) is 55.5 Å². The SMILES string of the molecule is CCOc1cccc(/C=C2\SC(Nc3ccccc3)N([C@@H]3CCCC[C@H]3C)C2=O)c1. The van der Waals surface area contributed by atoms with Crippen LogP contribution in [0, 0.1) is 5.92 Å². The van der Waals surface area contributed by atoms with Gasteiger partial charge >= 0.3 is 0 Å². The number of rotatable bonds is 6. The Bertz CT molecular complexity index is 899. The van der Waals surface area contributed by atoms with Crippen molar-refractivity contribution in [1.29, 1.82) is 0 Å². The van der Waals surface area contributed by atoms with Crippen molar-refractivity contribution >= 4 is 29.4 Å². The van der Waals surface area contributed by atoms with Crippen LogP contribution in [0.1, 0.15) is 45.1 Å². The van der Waals surface area contributed by atoms with Crippen LogP contribution in [0.2, 0.25) is 0 Å². The molecule has 1 aliphatic heterocycles. The van der Waals surface area contributed by atoms with Gasteiger partial charge in [0, 0.05) is 11.7 Å². The van der Waals surface area contributed by atoms with Crippen LogP contribution in [0.5, 0.6) is 5.75 Å². The van der Waals surface area contributed by atoms with Crippen molar-refractivity contribution in [3.63, 3.8) is 0 Å². The minimum absolute atomic E-state index is 0.0909. The fourth-order valence-corrected chi connectivity index (χ4v) is 5.59. The van der Waals surface area contributed by atoms with Crippen molar-refractivity contribution in [2.75, 3.05) is 11.9 Å². The van der Waals surface area contributed by atoms with E-state index in [9.17, 15) is 4.79 Å². The maximum absolute atomic E-state index is 13.5. The van der Waals surface area contributed by atoms with E-state index < -0.39 is 0 Å². The molecule has 1 aliphatic carbocycles. The van der Waals surface area contributed by atoms with Crippen molar-refractivity contribution in [3.05, 3.63) is 65.1 Å². The molecule has 2 fully saturated rings. The lowest BCUT2D eigenvalue weighted by atomic mass is 9.85. The smallest absolute Gasteiger partial charge is 0.262 e. The fraction of sp³-hybridized carbons (Fsp3) is 0.400. The van der Waals surface area contributed by atoms with Crippen molar-refractivity contribution in [2.45, 2.75) is 51.1 Å². The van der Waals surface area contributed by atoms with E-state index in [0.717, 1.165) is 28.3 Å². The Labute approximate surface area is 183 Å². The molecule has 1 saturated carbocycles. The van der Waals surface area contributed by atoms with E-state index >= 15 is 0 Å². The molecule has 1 saturated heterocycles. The van der Waals surface area contributed by atoms with Crippen LogP contribution in [0.4, 0.5) is 5.69 Å². The predicted octanol–water partition coefficient (Wildman–Crippen LogP) is 5.98. The summed E-state index contributed by atoms with van der Waals surface area (Å²) < 4.78 is 5.62. The summed E-state index contributed by atoms with van der Waals surface area (Å²) in [5.74, 6) is 1.48. The third-order valence-corrected chi connectivity index (χ3v) is 7.01. The average molecular weight is 423 g/mol. The van der Waals surface area contributed by atoms with Gasteiger partial charge in [0.15, 0.2) is 5.50 Å². The molecule has 0 bridgehead atoms. The lowest BCUT2D eigenvalue weighted by Crippen LogP contribution is -2.48. The molecule has 4 rings (SSSR count). The monoisotopic (exact) mass is 422 g/mol. The summed E-state index contributed by atoms with van der Waals surface area (Å²) in [5, 5.41) is 3.59. The third kappa shape index (κ3) is 4.67. The quantitative estimate of drug-likeness (QED) is 0.582. The van der Waals surface area contributed by atoms with Crippen LogP contribution in [0.3, 0.4) is 0 Å². The number of ether oxygens (including phenoxy) is 1. The number of amides is 1. The van der Waals surface area contributed by atoms with Crippen molar-refractivity contribution in [3.8, 4) is 5.75 Å². The molecule has 4 nitrogen and oxygen atoms in total. The van der Waals surface area contributed by atoms with Gasteiger partial charge in [-0.1, -0.05) is 61.9 Å². The number of hydrogen-bond donors (Lipinski definition) is 1. The number of anilines is 1. The Morgan fingerprint density at radius 2 is 1.93 bits per heavy atom. The first kappa shape index (κ1) is 20.9. The number of carbonyl (C=O) groups excluding carboxylic acids is 1. The van der Waals surface area contributed by atoms with Gasteiger partial charge in [-0.3, -0.25) is 4.79 Å². The minimum Gasteiger partial charge on any atom is -0.494 e. The summed E-state index contributed by atoms with van der Waals surface area (Å²) in [6, 6.07) is 18.4. The van der Waals surface area contributed by atoms with E-state index in [-0.39, 0.29) is 17.4 Å². The van der Waals surface area contributed by atoms with Gasteiger partial charge in [-0.25, -0.2) is 0 Å². The molecule has 2 aromatic carbocycles. The van der Waals surface area contributed by atoms with Gasteiger partial charge in [-0.05, 0) is 61.6 Å². The fourth-order valence-electron chi connectivity index (χ4n) is 4.38. The zero-order chi connectivity index (χ0) is 20.9. The molecular weight excluding hydrogens is 392 g/mol. The molecule has 1 amide bonds. The largest absolute Gasteiger partial charge is 0.494 e. The Kier molecular flexibility index (Phi) is 6.68. The predicted molar refractivity (Wildman–Crippen MR) is 125 cm³/mol. The number of carbonyl (C=O) groups is 1. The maximum Gasteiger partial charge on any atom is 0.262 e. The normalized spacial score (nSPS) is 25.5. The number of hydrogen-bond acceptors (Lipinski definition) is 4. The Morgan fingerprint density at radius 1 is 1.13 bits per heavy atom. The van der Waals surface area contributed by atoms with Gasteiger partial charge in [0.1, 0.15) is 5.75 Å². The molecule has 30 heavy (non-hydrogen) atoms. The third-order valence-electron chi connectivity index (χ3n) is 5.89. The van der Waals surface area contributed by atoms with E-state index in [4.69, 9.17) is 4.74 Å². The highest BCUT2D eigenvalue weighted by molar-refractivity contribution is 8.05. The first-order valence-electron chi connectivity index (χ1n) is 10.9. The summed E-state index contributed by atoms with van der Waals surface area (Å²) in [4.78, 5) is 16.4. The van der Waals surface area contributed by atoms with Crippen LogP contribution < -0.4 is 10.1 Å². The van der Waals surface area contributed by atoms with Crippen LogP contribution in [0.15, 0.2) is 59.5 Å². The number of nitrogens with one attached hydrogen (secondary N) is 1. The molecule has 2 aliphatic rings. The number of benzene rings is 2. The molecule has 0 spiro atoms. The average Bonchev–Trinajstić information content (AvgIpc) is 3.04. The molecule has 0 aromatic heterocycles. The molecule has 3 atom stereocenters. The number of thioether (sulfide) groups is 1. The first-order chi connectivity index (χ1) is 14.7. The lowest BCUT2D eigenvalue weighted by Gasteiger charge is -2.39. The van der Waals surface area contributed by atoms with Gasteiger partial charge in [0.05, 0.1) is 11.5 Å². The Balaban J connectivity index is 1.63. The molecule has 1 N–H and O–H groups in total. The van der Waals surface area contributed by atoms with E-state index in [2.05, 4.69) is 29.3 Å². The summed E-state index contributed by atoms with van der Waals surface area (Å²) in [6.07, 6.45) is 6.72. The molecule has 5 heteroatoms.